The largest absolute Gasteiger partial charge is 0.312 e. The van der Waals surface area contributed by atoms with Crippen molar-refractivity contribution in [2.45, 2.75) is 19.8 Å². The van der Waals surface area contributed by atoms with Crippen molar-refractivity contribution in [3.63, 3.8) is 0 Å². The lowest BCUT2D eigenvalue weighted by atomic mass is 10.2. The highest BCUT2D eigenvalue weighted by Gasteiger charge is 2.21. The molecule has 0 radical (unpaired) electrons. The maximum absolute atomic E-state index is 12.2. The molecule has 0 aliphatic carbocycles. The zero-order valence-corrected chi connectivity index (χ0v) is 14.7. The molecule has 1 N–H and O–H groups in total. The molecule has 132 valence electrons. The van der Waals surface area contributed by atoms with Crippen LogP contribution < -0.4 is 10.3 Å². The number of carbonyl (C=O) groups is 2. The first-order valence-corrected chi connectivity index (χ1v) is 8.62. The lowest BCUT2D eigenvalue weighted by molar-refractivity contribution is -0.117. The average molecular weight is 347 g/mol. The Hall–Kier alpha value is -3.21. The molecule has 0 spiro atoms. The van der Waals surface area contributed by atoms with Gasteiger partial charge in [0, 0.05) is 24.2 Å². The topological polar surface area (TPSA) is 61.8 Å². The number of amides is 2. The van der Waals surface area contributed by atoms with Crippen LogP contribution in [0.1, 0.15) is 35.7 Å². The SMILES string of the molecule is CC(C=Cc1ccccc1)=NNC(=O)c1ccc(N2CCCC2=O)cc1. The van der Waals surface area contributed by atoms with E-state index in [4.69, 9.17) is 0 Å². The van der Waals surface area contributed by atoms with Crippen molar-refractivity contribution in [3.05, 3.63) is 71.8 Å². The molecule has 5 heteroatoms. The summed E-state index contributed by atoms with van der Waals surface area (Å²) < 4.78 is 0. The quantitative estimate of drug-likeness (QED) is 0.663. The van der Waals surface area contributed by atoms with Crippen LogP contribution in [0.5, 0.6) is 0 Å². The molecular formula is C21H21N3O2. The lowest BCUT2D eigenvalue weighted by Gasteiger charge is -2.15. The van der Waals surface area contributed by atoms with Gasteiger partial charge in [-0.3, -0.25) is 9.59 Å². The van der Waals surface area contributed by atoms with Gasteiger partial charge in [-0.1, -0.05) is 36.4 Å². The second-order valence-electron chi connectivity index (χ2n) is 6.13. The third-order valence-electron chi connectivity index (χ3n) is 4.16. The summed E-state index contributed by atoms with van der Waals surface area (Å²) in [6, 6.07) is 16.9. The Morgan fingerprint density at radius 1 is 1.12 bits per heavy atom. The maximum atomic E-state index is 12.2. The first-order chi connectivity index (χ1) is 12.6. The number of hydrogen-bond acceptors (Lipinski definition) is 3. The molecule has 0 bridgehead atoms. The summed E-state index contributed by atoms with van der Waals surface area (Å²) in [7, 11) is 0. The van der Waals surface area contributed by atoms with Crippen molar-refractivity contribution in [1.29, 1.82) is 0 Å². The fraction of sp³-hybridized carbons (Fsp3) is 0.190. The number of benzene rings is 2. The normalized spacial score (nSPS) is 14.9. The fourth-order valence-electron chi connectivity index (χ4n) is 2.74. The van der Waals surface area contributed by atoms with Crippen LogP contribution in [-0.2, 0) is 4.79 Å². The van der Waals surface area contributed by atoms with Gasteiger partial charge in [0.05, 0.1) is 5.71 Å². The van der Waals surface area contributed by atoms with Gasteiger partial charge in [0.1, 0.15) is 0 Å². The Morgan fingerprint density at radius 2 is 1.85 bits per heavy atom. The van der Waals surface area contributed by atoms with Gasteiger partial charge in [-0.25, -0.2) is 5.43 Å². The first kappa shape index (κ1) is 17.6. The average Bonchev–Trinajstić information content (AvgIpc) is 3.11. The zero-order valence-electron chi connectivity index (χ0n) is 14.7. The van der Waals surface area contributed by atoms with E-state index in [-0.39, 0.29) is 11.8 Å². The summed E-state index contributed by atoms with van der Waals surface area (Å²) in [5, 5.41) is 4.09. The van der Waals surface area contributed by atoms with Crippen molar-refractivity contribution in [2.75, 3.05) is 11.4 Å². The molecule has 1 aliphatic heterocycles. The minimum absolute atomic E-state index is 0.132. The smallest absolute Gasteiger partial charge is 0.271 e. The molecule has 0 unspecified atom stereocenters. The van der Waals surface area contributed by atoms with Gasteiger partial charge < -0.3 is 4.90 Å². The Morgan fingerprint density at radius 3 is 2.50 bits per heavy atom. The molecule has 1 saturated heterocycles. The minimum Gasteiger partial charge on any atom is -0.312 e. The maximum Gasteiger partial charge on any atom is 0.271 e. The van der Waals surface area contributed by atoms with Gasteiger partial charge in [0.25, 0.3) is 5.91 Å². The number of rotatable bonds is 5. The van der Waals surface area contributed by atoms with Crippen LogP contribution in [0.2, 0.25) is 0 Å². The summed E-state index contributed by atoms with van der Waals surface area (Å²) in [5.74, 6) is -0.149. The van der Waals surface area contributed by atoms with Gasteiger partial charge in [-0.15, -0.1) is 0 Å². The summed E-state index contributed by atoms with van der Waals surface area (Å²) in [6.45, 7) is 2.56. The first-order valence-electron chi connectivity index (χ1n) is 8.62. The molecule has 1 aliphatic rings. The molecular weight excluding hydrogens is 326 g/mol. The van der Waals surface area contributed by atoms with E-state index in [0.717, 1.165) is 24.2 Å². The number of allylic oxidation sites excluding steroid dienone is 1. The Balaban J connectivity index is 1.59. The van der Waals surface area contributed by atoms with Crippen LogP contribution in [0.15, 0.2) is 65.8 Å². The third kappa shape index (κ3) is 4.45. The number of hydrazone groups is 1. The van der Waals surface area contributed by atoms with E-state index < -0.39 is 0 Å². The molecule has 0 atom stereocenters. The Kier molecular flexibility index (Phi) is 5.59. The van der Waals surface area contributed by atoms with Crippen molar-refractivity contribution >= 4 is 29.3 Å². The third-order valence-corrected chi connectivity index (χ3v) is 4.16. The molecule has 26 heavy (non-hydrogen) atoms. The van der Waals surface area contributed by atoms with Crippen LogP contribution in [0.3, 0.4) is 0 Å². The summed E-state index contributed by atoms with van der Waals surface area (Å²) in [6.07, 6.45) is 5.25. The molecule has 1 heterocycles. The van der Waals surface area contributed by atoms with Crippen LogP contribution >= 0.6 is 0 Å². The van der Waals surface area contributed by atoms with Crippen LogP contribution in [-0.4, -0.2) is 24.1 Å². The summed E-state index contributed by atoms with van der Waals surface area (Å²) in [5.41, 5.74) is 5.65. The number of nitrogens with one attached hydrogen (secondary N) is 1. The van der Waals surface area contributed by atoms with Crippen LogP contribution in [0.25, 0.3) is 6.08 Å². The van der Waals surface area contributed by atoms with Gasteiger partial charge in [-0.05, 0) is 49.2 Å². The number of nitrogens with zero attached hydrogens (tertiary/aromatic N) is 2. The lowest BCUT2D eigenvalue weighted by Crippen LogP contribution is -2.24. The minimum atomic E-state index is -0.281. The molecule has 2 aromatic carbocycles. The molecule has 2 aromatic rings. The van der Waals surface area contributed by atoms with Crippen molar-refractivity contribution in [3.8, 4) is 0 Å². The van der Waals surface area contributed by atoms with Gasteiger partial charge >= 0.3 is 0 Å². The number of hydrogen-bond donors (Lipinski definition) is 1. The monoisotopic (exact) mass is 347 g/mol. The van der Waals surface area contributed by atoms with E-state index in [9.17, 15) is 9.59 Å². The highest BCUT2D eigenvalue weighted by atomic mass is 16.2. The van der Waals surface area contributed by atoms with Crippen LogP contribution in [0, 0.1) is 0 Å². The van der Waals surface area contributed by atoms with Crippen molar-refractivity contribution < 1.29 is 9.59 Å². The van der Waals surface area contributed by atoms with Crippen LogP contribution in [0.4, 0.5) is 5.69 Å². The van der Waals surface area contributed by atoms with E-state index in [1.54, 1.807) is 29.2 Å². The number of carbonyl (C=O) groups excluding carboxylic acids is 2. The fourth-order valence-corrected chi connectivity index (χ4v) is 2.74. The predicted molar refractivity (Wildman–Crippen MR) is 104 cm³/mol. The van der Waals surface area contributed by atoms with Gasteiger partial charge in [-0.2, -0.15) is 5.10 Å². The molecule has 0 saturated carbocycles. The number of anilines is 1. The van der Waals surface area contributed by atoms with E-state index in [1.165, 1.54) is 0 Å². The van der Waals surface area contributed by atoms with E-state index in [1.807, 2.05) is 49.4 Å². The summed E-state index contributed by atoms with van der Waals surface area (Å²) >= 11 is 0. The zero-order chi connectivity index (χ0) is 18.4. The molecule has 1 fully saturated rings. The van der Waals surface area contributed by atoms with E-state index in [2.05, 4.69) is 10.5 Å². The Labute approximate surface area is 153 Å². The Bertz CT molecular complexity index is 839. The van der Waals surface area contributed by atoms with Crippen molar-refractivity contribution in [2.24, 2.45) is 5.10 Å². The van der Waals surface area contributed by atoms with E-state index in [0.29, 0.717) is 17.7 Å². The predicted octanol–water partition coefficient (Wildman–Crippen LogP) is 3.63. The van der Waals surface area contributed by atoms with Crippen molar-refractivity contribution in [1.82, 2.24) is 5.43 Å². The molecule has 0 aromatic heterocycles. The molecule has 2 amide bonds. The van der Waals surface area contributed by atoms with Gasteiger partial charge in [0.2, 0.25) is 5.91 Å². The highest BCUT2D eigenvalue weighted by molar-refractivity contribution is 6.00. The molecule has 5 nitrogen and oxygen atoms in total. The summed E-state index contributed by atoms with van der Waals surface area (Å²) in [4.78, 5) is 25.7. The van der Waals surface area contributed by atoms with Gasteiger partial charge in [0.15, 0.2) is 0 Å². The molecule has 3 rings (SSSR count). The highest BCUT2D eigenvalue weighted by Crippen LogP contribution is 2.21. The second kappa shape index (κ2) is 8.25. The standard InChI is InChI=1S/C21H21N3O2/c1-16(9-10-17-6-3-2-4-7-17)22-23-21(26)18-11-13-19(14-12-18)24-15-5-8-20(24)25/h2-4,6-7,9-14H,5,8,15H2,1H3,(H,23,26). The van der Waals surface area contributed by atoms with E-state index >= 15 is 0 Å². The second-order valence-corrected chi connectivity index (χ2v) is 6.13.